The molecule has 0 amide bonds. The Labute approximate surface area is 79.1 Å². The van der Waals surface area contributed by atoms with Gasteiger partial charge in [0.25, 0.3) is 0 Å². The highest BCUT2D eigenvalue weighted by atomic mass is 16.1. The molecule has 0 saturated heterocycles. The summed E-state index contributed by atoms with van der Waals surface area (Å²) in [6, 6.07) is 0. The average molecular weight is 186 g/mol. The highest BCUT2D eigenvalue weighted by molar-refractivity contribution is 5.67. The molecule has 6 aliphatic rings. The Bertz CT molecular complexity index is 434. The molecular formula is C10H6N2O2. The fourth-order valence-corrected chi connectivity index (χ4v) is 6.05. The van der Waals surface area contributed by atoms with Gasteiger partial charge < -0.3 is 0 Å². The first-order valence-corrected chi connectivity index (χ1v) is 5.04. The van der Waals surface area contributed by atoms with Gasteiger partial charge in [0, 0.05) is 0 Å². The molecule has 68 valence electrons. The summed E-state index contributed by atoms with van der Waals surface area (Å²) in [4.78, 5) is 28.7. The smallest absolute Gasteiger partial charge is 0.211 e. The lowest BCUT2D eigenvalue weighted by molar-refractivity contribution is -0.576. The minimum atomic E-state index is -0.263. The molecule has 0 spiro atoms. The first-order chi connectivity index (χ1) is 6.86. The zero-order chi connectivity index (χ0) is 9.29. The first kappa shape index (κ1) is 6.28. The van der Waals surface area contributed by atoms with Crippen molar-refractivity contribution < 1.29 is 9.59 Å². The molecule has 14 heavy (non-hydrogen) atoms. The number of nitrogens with zero attached hydrogens (tertiary/aromatic N) is 2. The minimum Gasteiger partial charge on any atom is -0.211 e. The van der Waals surface area contributed by atoms with Gasteiger partial charge in [-0.3, -0.25) is 0 Å². The molecule has 6 aliphatic carbocycles. The number of aliphatic imine (C=N–C) groups is 2. The summed E-state index contributed by atoms with van der Waals surface area (Å²) in [5.41, 5.74) is -0.526. The second kappa shape index (κ2) is 1.27. The van der Waals surface area contributed by atoms with Crippen LogP contribution in [0.3, 0.4) is 0 Å². The van der Waals surface area contributed by atoms with Crippen molar-refractivity contribution in [3.8, 4) is 0 Å². The molecule has 0 bridgehead atoms. The molecule has 0 N–H and O–H groups in total. The first-order valence-electron chi connectivity index (χ1n) is 5.04. The van der Waals surface area contributed by atoms with E-state index in [0.29, 0.717) is 23.7 Å². The van der Waals surface area contributed by atoms with Crippen molar-refractivity contribution in [1.82, 2.24) is 0 Å². The highest BCUT2D eigenvalue weighted by Gasteiger charge is 3.12. The van der Waals surface area contributed by atoms with Gasteiger partial charge in [0.1, 0.15) is 11.1 Å². The molecule has 0 heterocycles. The maximum absolute atomic E-state index is 10.4. The van der Waals surface area contributed by atoms with Crippen molar-refractivity contribution in [3.63, 3.8) is 0 Å². The third kappa shape index (κ3) is 0.223. The van der Waals surface area contributed by atoms with Crippen molar-refractivity contribution in [2.75, 3.05) is 0 Å². The van der Waals surface area contributed by atoms with Gasteiger partial charge in [-0.2, -0.15) is 9.98 Å². The van der Waals surface area contributed by atoms with Crippen LogP contribution < -0.4 is 0 Å². The zero-order valence-corrected chi connectivity index (χ0v) is 7.18. The van der Waals surface area contributed by atoms with Gasteiger partial charge in [0.15, 0.2) is 0 Å². The quantitative estimate of drug-likeness (QED) is 0.446. The second-order valence-electron chi connectivity index (χ2n) is 5.31. The maximum Gasteiger partial charge on any atom is 0.235 e. The molecule has 4 heteroatoms. The largest absolute Gasteiger partial charge is 0.235 e. The molecule has 6 saturated carbocycles. The lowest BCUT2D eigenvalue weighted by atomic mass is 8.96. The molecular weight excluding hydrogens is 180 g/mol. The fraction of sp³-hybridized carbons (Fsp3) is 0.800. The summed E-state index contributed by atoms with van der Waals surface area (Å²) in [6.07, 6.45) is 3.35. The van der Waals surface area contributed by atoms with Crippen LogP contribution in [-0.2, 0) is 9.59 Å². The van der Waals surface area contributed by atoms with Crippen molar-refractivity contribution in [3.05, 3.63) is 0 Å². The Morgan fingerprint density at radius 3 is 1.43 bits per heavy atom. The lowest BCUT2D eigenvalue weighted by Crippen LogP contribution is -3.15. The summed E-state index contributed by atoms with van der Waals surface area (Å²) in [5, 5.41) is 0. The summed E-state index contributed by atoms with van der Waals surface area (Å²) in [5.74, 6) is 3.93. The van der Waals surface area contributed by atoms with Crippen LogP contribution in [0.1, 0.15) is 0 Å². The van der Waals surface area contributed by atoms with E-state index in [1.165, 1.54) is 0 Å². The molecule has 0 aromatic rings. The van der Waals surface area contributed by atoms with E-state index >= 15 is 0 Å². The third-order valence-electron chi connectivity index (χ3n) is 6.01. The minimum absolute atomic E-state index is 0.263. The predicted molar refractivity (Wildman–Crippen MR) is 42.6 cm³/mol. The standard InChI is InChI=1S/C10H6N2O2/c13-1-11-9-5-3-4-7(5)10(9,12-2-14)8(4)6(3)9/h3-8H. The Balaban J connectivity index is 1.76. The van der Waals surface area contributed by atoms with Gasteiger partial charge >= 0.3 is 0 Å². The van der Waals surface area contributed by atoms with Gasteiger partial charge in [0.2, 0.25) is 12.2 Å². The molecule has 0 aliphatic heterocycles. The lowest BCUT2D eigenvalue weighted by Gasteiger charge is -3.08. The topological polar surface area (TPSA) is 58.9 Å². The van der Waals surface area contributed by atoms with Crippen LogP contribution in [0.15, 0.2) is 9.98 Å². The molecule has 0 radical (unpaired) electrons. The van der Waals surface area contributed by atoms with Crippen LogP contribution >= 0.6 is 0 Å². The zero-order valence-electron chi connectivity index (χ0n) is 7.18. The average Bonchev–Trinajstić information content (AvgIpc) is 2.20. The molecule has 0 aromatic carbocycles. The Morgan fingerprint density at radius 2 is 1.14 bits per heavy atom. The second-order valence-corrected chi connectivity index (χ2v) is 5.31. The molecule has 6 rings (SSSR count). The maximum atomic E-state index is 10.4. The van der Waals surface area contributed by atoms with Gasteiger partial charge in [0.05, 0.1) is 0 Å². The Morgan fingerprint density at radius 1 is 0.786 bits per heavy atom. The SMILES string of the molecule is O=C=NC12C3C4C5C3C1(N=C=O)C5C42. The summed E-state index contributed by atoms with van der Waals surface area (Å²) >= 11 is 0. The Kier molecular flexibility index (Phi) is 0.569. The van der Waals surface area contributed by atoms with Gasteiger partial charge in [-0.05, 0) is 35.5 Å². The van der Waals surface area contributed by atoms with Gasteiger partial charge in [-0.15, -0.1) is 0 Å². The number of rotatable bonds is 2. The van der Waals surface area contributed by atoms with E-state index in [1.54, 1.807) is 12.2 Å². The van der Waals surface area contributed by atoms with Crippen LogP contribution in [0, 0.1) is 35.5 Å². The number of hydrogen-bond acceptors (Lipinski definition) is 4. The van der Waals surface area contributed by atoms with Crippen LogP contribution in [0.25, 0.3) is 0 Å². The predicted octanol–water partition coefficient (Wildman–Crippen LogP) is -0.0992. The van der Waals surface area contributed by atoms with E-state index in [0.717, 1.165) is 11.8 Å². The molecule has 0 aromatic heterocycles. The molecule has 4 unspecified atom stereocenters. The van der Waals surface area contributed by atoms with E-state index < -0.39 is 0 Å². The number of isocyanates is 2. The normalized spacial score (nSPS) is 75.7. The van der Waals surface area contributed by atoms with Crippen LogP contribution in [0.5, 0.6) is 0 Å². The van der Waals surface area contributed by atoms with E-state index in [1.807, 2.05) is 0 Å². The van der Waals surface area contributed by atoms with Gasteiger partial charge in [-0.1, -0.05) is 0 Å². The summed E-state index contributed by atoms with van der Waals surface area (Å²) in [6.45, 7) is 0. The van der Waals surface area contributed by atoms with Crippen molar-refractivity contribution >= 4 is 12.2 Å². The van der Waals surface area contributed by atoms with Crippen molar-refractivity contribution in [2.24, 2.45) is 45.5 Å². The summed E-state index contributed by atoms with van der Waals surface area (Å²) < 4.78 is 0. The van der Waals surface area contributed by atoms with Crippen molar-refractivity contribution in [2.45, 2.75) is 11.1 Å². The fourth-order valence-electron chi connectivity index (χ4n) is 6.05. The van der Waals surface area contributed by atoms with Crippen LogP contribution in [0.4, 0.5) is 0 Å². The molecule has 4 atom stereocenters. The number of carbonyl (C=O) groups excluding carboxylic acids is 2. The molecule has 4 nitrogen and oxygen atoms in total. The third-order valence-corrected chi connectivity index (χ3v) is 6.01. The van der Waals surface area contributed by atoms with Gasteiger partial charge in [-0.25, -0.2) is 9.59 Å². The van der Waals surface area contributed by atoms with E-state index in [-0.39, 0.29) is 11.1 Å². The monoisotopic (exact) mass is 186 g/mol. The highest BCUT2D eigenvalue weighted by Crippen LogP contribution is 3.05. The van der Waals surface area contributed by atoms with E-state index in [4.69, 9.17) is 0 Å². The number of hydrogen-bond donors (Lipinski definition) is 0. The van der Waals surface area contributed by atoms with Crippen LogP contribution in [-0.4, -0.2) is 23.2 Å². The molecule has 6 fully saturated rings. The van der Waals surface area contributed by atoms with Crippen molar-refractivity contribution in [1.29, 1.82) is 0 Å². The van der Waals surface area contributed by atoms with E-state index in [9.17, 15) is 9.59 Å². The summed E-state index contributed by atoms with van der Waals surface area (Å²) in [7, 11) is 0. The van der Waals surface area contributed by atoms with E-state index in [2.05, 4.69) is 9.98 Å². The Hall–Kier alpha value is -1.24. The van der Waals surface area contributed by atoms with Crippen LogP contribution in [0.2, 0.25) is 0 Å².